The van der Waals surface area contributed by atoms with E-state index in [0.29, 0.717) is 0 Å². The molecule has 0 radical (unpaired) electrons. The van der Waals surface area contributed by atoms with E-state index in [-0.39, 0.29) is 5.56 Å². The quantitative estimate of drug-likeness (QED) is 0.343. The zero-order valence-electron chi connectivity index (χ0n) is 8.04. The van der Waals surface area contributed by atoms with Gasteiger partial charge >= 0.3 is 6.05 Å². The molecule has 0 aliphatic carbocycles. The summed E-state index contributed by atoms with van der Waals surface area (Å²) in [5.41, 5.74) is -0.300. The lowest BCUT2D eigenvalue weighted by Crippen LogP contribution is -2.08. The van der Waals surface area contributed by atoms with Crippen molar-refractivity contribution in [3.8, 4) is 0 Å². The van der Waals surface area contributed by atoms with Crippen LogP contribution < -0.4 is 0 Å². The lowest BCUT2D eigenvalue weighted by atomic mass is 10.2. The van der Waals surface area contributed by atoms with E-state index in [1.165, 1.54) is 12.1 Å². The number of benzene rings is 1. The Morgan fingerprint density at radius 2 is 2.00 bits per heavy atom. The lowest BCUT2D eigenvalue weighted by Gasteiger charge is -2.09. The van der Waals surface area contributed by atoms with Gasteiger partial charge in [-0.15, -0.1) is 16.8 Å². The average Bonchev–Trinajstić information content (AvgIpc) is 2.19. The summed E-state index contributed by atoms with van der Waals surface area (Å²) in [6, 6.07) is 2.21. The fourth-order valence-electron chi connectivity index (χ4n) is 1.04. The minimum atomic E-state index is -3.48. The summed E-state index contributed by atoms with van der Waals surface area (Å²) >= 11 is 1.56. The van der Waals surface area contributed by atoms with Crippen molar-refractivity contribution in [3.63, 3.8) is 0 Å². The Kier molecular flexibility index (Phi) is 4.00. The smallest absolute Gasteiger partial charge is 0.211 e. The number of carbonyl (C=O) groups excluding carboxylic acids is 1. The number of hydrogen-bond acceptors (Lipinski definition) is 3. The second-order valence-corrected chi connectivity index (χ2v) is 4.04. The van der Waals surface area contributed by atoms with E-state index < -0.39 is 6.05 Å². The Bertz CT molecular complexity index is 372. The van der Waals surface area contributed by atoms with Gasteiger partial charge in [0.15, 0.2) is 0 Å². The summed E-state index contributed by atoms with van der Waals surface area (Å²) in [6.45, 7) is 1.98. The molecule has 2 nitrogen and oxygen atoms in total. The highest BCUT2D eigenvalue weighted by Crippen LogP contribution is 2.30. The summed E-state index contributed by atoms with van der Waals surface area (Å²) in [5, 5.41) is 0. The van der Waals surface area contributed by atoms with E-state index in [1.807, 2.05) is 6.92 Å². The Labute approximate surface area is 90.4 Å². The highest BCUT2D eigenvalue weighted by molar-refractivity contribution is 7.99. The van der Waals surface area contributed by atoms with Crippen LogP contribution in [0.1, 0.15) is 12.5 Å². The van der Waals surface area contributed by atoms with Gasteiger partial charge in [-0.1, -0.05) is 6.92 Å². The molecule has 0 amide bonds. The van der Waals surface area contributed by atoms with Gasteiger partial charge < -0.3 is 0 Å². The molecule has 1 rings (SSSR count). The van der Waals surface area contributed by atoms with Gasteiger partial charge in [0.25, 0.3) is 0 Å². The first-order valence-corrected chi connectivity index (χ1v) is 5.29. The molecular weight excluding hydrogens is 220 g/mol. The lowest BCUT2D eigenvalue weighted by molar-refractivity contribution is 0.00612. The molecule has 0 heterocycles. The molecule has 5 heteroatoms. The number of alkyl halides is 2. The van der Waals surface area contributed by atoms with Crippen LogP contribution in [0.15, 0.2) is 34.2 Å². The minimum Gasteiger partial charge on any atom is -0.211 e. The molecule has 1 aromatic rings. The van der Waals surface area contributed by atoms with Crippen LogP contribution in [-0.4, -0.2) is 11.8 Å². The van der Waals surface area contributed by atoms with Gasteiger partial charge in [-0.25, -0.2) is 4.79 Å². The van der Waals surface area contributed by atoms with Crippen molar-refractivity contribution in [1.29, 1.82) is 0 Å². The van der Waals surface area contributed by atoms with Crippen LogP contribution in [0.4, 0.5) is 8.78 Å². The molecule has 15 heavy (non-hydrogen) atoms. The SMILES string of the molecule is CCSc1ccc(C(F)(F)N=C=O)cc1. The fourth-order valence-corrected chi connectivity index (χ4v) is 1.70. The zero-order chi connectivity index (χ0) is 11.3. The number of halogens is 2. The van der Waals surface area contributed by atoms with E-state index in [1.54, 1.807) is 23.9 Å². The maximum Gasteiger partial charge on any atom is 0.379 e. The monoisotopic (exact) mass is 229 g/mol. The molecular formula is C10H9F2NOS. The number of rotatable bonds is 4. The highest BCUT2D eigenvalue weighted by atomic mass is 32.2. The molecule has 0 bridgehead atoms. The van der Waals surface area contributed by atoms with E-state index in [0.717, 1.165) is 16.7 Å². The molecule has 0 spiro atoms. The maximum absolute atomic E-state index is 13.0. The molecule has 0 aliphatic heterocycles. The third-order valence-electron chi connectivity index (χ3n) is 1.70. The molecule has 0 N–H and O–H groups in total. The Morgan fingerprint density at radius 1 is 1.40 bits per heavy atom. The van der Waals surface area contributed by atoms with Crippen molar-refractivity contribution in [2.75, 3.05) is 5.75 Å². The first kappa shape index (κ1) is 11.9. The summed E-state index contributed by atoms with van der Waals surface area (Å²) in [4.78, 5) is 13.2. The van der Waals surface area contributed by atoms with E-state index in [2.05, 4.69) is 4.99 Å². The van der Waals surface area contributed by atoms with Gasteiger partial charge in [-0.2, -0.15) is 8.78 Å². The standard InChI is InChI=1S/C10H9F2NOS/c1-2-15-9-5-3-8(4-6-9)10(11,12)13-7-14/h3-6H,2H2,1H3. The van der Waals surface area contributed by atoms with Crippen molar-refractivity contribution < 1.29 is 13.6 Å². The van der Waals surface area contributed by atoms with Crippen molar-refractivity contribution in [2.45, 2.75) is 17.9 Å². The molecule has 0 saturated carbocycles. The maximum atomic E-state index is 13.0. The summed E-state index contributed by atoms with van der Waals surface area (Å²) < 4.78 is 26.1. The number of nitrogens with zero attached hydrogens (tertiary/aromatic N) is 1. The largest absolute Gasteiger partial charge is 0.379 e. The summed E-state index contributed by atoms with van der Waals surface area (Å²) in [6.07, 6.45) is 0.866. The number of aliphatic imine (C=N–C) groups is 1. The van der Waals surface area contributed by atoms with E-state index in [4.69, 9.17) is 0 Å². The topological polar surface area (TPSA) is 29.4 Å². The minimum absolute atomic E-state index is 0.300. The van der Waals surface area contributed by atoms with E-state index >= 15 is 0 Å². The summed E-state index contributed by atoms with van der Waals surface area (Å²) in [7, 11) is 0. The fraction of sp³-hybridized carbons (Fsp3) is 0.300. The number of hydrogen-bond donors (Lipinski definition) is 0. The highest BCUT2D eigenvalue weighted by Gasteiger charge is 2.30. The van der Waals surface area contributed by atoms with Crippen LogP contribution >= 0.6 is 11.8 Å². The molecule has 1 aromatic carbocycles. The Hall–Kier alpha value is -1.19. The predicted octanol–water partition coefficient (Wildman–Crippen LogP) is 3.18. The third kappa shape index (κ3) is 3.15. The Balaban J connectivity index is 2.92. The van der Waals surface area contributed by atoms with Crippen molar-refractivity contribution in [1.82, 2.24) is 0 Å². The Morgan fingerprint density at radius 3 is 2.47 bits per heavy atom. The van der Waals surface area contributed by atoms with Gasteiger partial charge in [0, 0.05) is 10.5 Å². The van der Waals surface area contributed by atoms with Gasteiger partial charge in [0.05, 0.1) is 0 Å². The predicted molar refractivity (Wildman–Crippen MR) is 54.9 cm³/mol. The van der Waals surface area contributed by atoms with E-state index in [9.17, 15) is 13.6 Å². The van der Waals surface area contributed by atoms with Crippen LogP contribution in [0.25, 0.3) is 0 Å². The van der Waals surface area contributed by atoms with Crippen LogP contribution in [-0.2, 0) is 10.8 Å². The normalized spacial score (nSPS) is 10.9. The van der Waals surface area contributed by atoms with Crippen LogP contribution in [0.5, 0.6) is 0 Å². The molecule has 0 unspecified atom stereocenters. The summed E-state index contributed by atoms with van der Waals surface area (Å²) in [5.74, 6) is 0.877. The molecule has 0 aromatic heterocycles. The first-order chi connectivity index (χ1) is 7.10. The second kappa shape index (κ2) is 5.05. The molecule has 0 saturated heterocycles. The number of isocyanates is 1. The van der Waals surface area contributed by atoms with Crippen LogP contribution in [0.2, 0.25) is 0 Å². The third-order valence-corrected chi connectivity index (χ3v) is 2.59. The zero-order valence-corrected chi connectivity index (χ0v) is 8.85. The average molecular weight is 229 g/mol. The van der Waals surface area contributed by atoms with Crippen molar-refractivity contribution in [3.05, 3.63) is 29.8 Å². The molecule has 0 aliphatic rings. The van der Waals surface area contributed by atoms with Gasteiger partial charge in [-0.05, 0) is 30.0 Å². The van der Waals surface area contributed by atoms with Crippen molar-refractivity contribution in [2.24, 2.45) is 4.99 Å². The molecule has 0 atom stereocenters. The van der Waals surface area contributed by atoms with Gasteiger partial charge in [-0.3, -0.25) is 0 Å². The van der Waals surface area contributed by atoms with Gasteiger partial charge in [0.1, 0.15) is 0 Å². The van der Waals surface area contributed by atoms with Crippen LogP contribution in [0, 0.1) is 0 Å². The van der Waals surface area contributed by atoms with Gasteiger partial charge in [0.2, 0.25) is 6.08 Å². The van der Waals surface area contributed by atoms with Crippen molar-refractivity contribution >= 4 is 17.8 Å². The second-order valence-electron chi connectivity index (χ2n) is 2.70. The number of thioether (sulfide) groups is 1. The molecule has 80 valence electrons. The molecule has 0 fully saturated rings. The van der Waals surface area contributed by atoms with Crippen LogP contribution in [0.3, 0.4) is 0 Å². The first-order valence-electron chi connectivity index (χ1n) is 4.30.